The van der Waals surface area contributed by atoms with E-state index in [1.54, 1.807) is 6.08 Å². The minimum absolute atomic E-state index is 0.341. The minimum Gasteiger partial charge on any atom is -0.371 e. The van der Waals surface area contributed by atoms with Crippen LogP contribution in [-0.2, 0) is 12.0 Å². The molecule has 0 spiro atoms. The summed E-state index contributed by atoms with van der Waals surface area (Å²) in [6.07, 6.45) is 9.79. The number of anilines is 1. The third-order valence-electron chi connectivity index (χ3n) is 6.81. The molecule has 0 radical (unpaired) electrons. The second kappa shape index (κ2) is 8.59. The highest BCUT2D eigenvalue weighted by atomic mass is 19.1. The number of aryl methyl sites for hydroxylation is 2. The van der Waals surface area contributed by atoms with Gasteiger partial charge in [-0.05, 0) is 69.5 Å². The van der Waals surface area contributed by atoms with Crippen LogP contribution in [0.15, 0.2) is 60.9 Å². The Bertz CT molecular complexity index is 1580. The number of aromatic nitrogens is 4. The van der Waals surface area contributed by atoms with Crippen molar-refractivity contribution in [3.8, 4) is 16.8 Å². The van der Waals surface area contributed by atoms with E-state index >= 15 is 4.39 Å². The SMILES string of the molecule is C=C/C=C\C(=C/C)Cc1nnc2n1-c1c(cc(C)c(-c3cc(F)cc4c(C)c[nH]c34)c1F)NC2(C)C. The first-order chi connectivity index (χ1) is 17.2. The number of hydrogen-bond acceptors (Lipinski definition) is 3. The summed E-state index contributed by atoms with van der Waals surface area (Å²) in [6, 6.07) is 4.79. The van der Waals surface area contributed by atoms with Crippen LogP contribution in [0, 0.1) is 25.5 Å². The second-order valence-electron chi connectivity index (χ2n) is 9.79. The molecule has 36 heavy (non-hydrogen) atoms. The molecule has 0 unspecified atom stereocenters. The summed E-state index contributed by atoms with van der Waals surface area (Å²) < 4.78 is 33.2. The van der Waals surface area contributed by atoms with Gasteiger partial charge in [0.15, 0.2) is 11.6 Å². The molecular weight excluding hydrogens is 456 g/mol. The van der Waals surface area contributed by atoms with Crippen molar-refractivity contribution in [1.29, 1.82) is 0 Å². The third-order valence-corrected chi connectivity index (χ3v) is 6.81. The fourth-order valence-corrected chi connectivity index (χ4v) is 5.03. The third kappa shape index (κ3) is 3.66. The summed E-state index contributed by atoms with van der Waals surface area (Å²) in [6.45, 7) is 13.4. The molecule has 0 saturated carbocycles. The minimum atomic E-state index is -0.575. The van der Waals surface area contributed by atoms with Crippen molar-refractivity contribution < 1.29 is 8.78 Å². The Morgan fingerprint density at radius 2 is 1.92 bits per heavy atom. The van der Waals surface area contributed by atoms with Crippen LogP contribution in [-0.4, -0.2) is 19.7 Å². The Kier molecular flexibility index (Phi) is 5.66. The first-order valence-electron chi connectivity index (χ1n) is 11.9. The summed E-state index contributed by atoms with van der Waals surface area (Å²) in [5.74, 6) is 0.380. The highest BCUT2D eigenvalue weighted by Gasteiger charge is 2.37. The smallest absolute Gasteiger partial charge is 0.162 e. The summed E-state index contributed by atoms with van der Waals surface area (Å²) in [5.41, 5.74) is 4.56. The molecule has 0 fully saturated rings. The molecular formula is C29H29F2N5. The Morgan fingerprint density at radius 1 is 1.14 bits per heavy atom. The van der Waals surface area contributed by atoms with Gasteiger partial charge in [-0.3, -0.25) is 4.57 Å². The van der Waals surface area contributed by atoms with Crippen LogP contribution in [0.2, 0.25) is 0 Å². The van der Waals surface area contributed by atoms with E-state index in [1.165, 1.54) is 12.1 Å². The molecule has 7 heteroatoms. The molecule has 2 aromatic heterocycles. The van der Waals surface area contributed by atoms with E-state index < -0.39 is 17.2 Å². The van der Waals surface area contributed by atoms with Gasteiger partial charge < -0.3 is 10.3 Å². The molecule has 5 nitrogen and oxygen atoms in total. The maximum atomic E-state index is 16.7. The van der Waals surface area contributed by atoms with Gasteiger partial charge in [-0.2, -0.15) is 0 Å². The van der Waals surface area contributed by atoms with E-state index in [1.807, 2.05) is 69.7 Å². The first-order valence-corrected chi connectivity index (χ1v) is 11.9. The summed E-state index contributed by atoms with van der Waals surface area (Å²) in [5, 5.41) is 13.1. The Morgan fingerprint density at radius 3 is 2.64 bits per heavy atom. The molecule has 4 aromatic rings. The number of hydrogen-bond donors (Lipinski definition) is 2. The van der Waals surface area contributed by atoms with Gasteiger partial charge in [-0.25, -0.2) is 8.78 Å². The van der Waals surface area contributed by atoms with E-state index in [0.717, 1.165) is 16.5 Å². The number of aromatic amines is 1. The number of benzene rings is 2. The van der Waals surface area contributed by atoms with Crippen LogP contribution in [0.4, 0.5) is 14.5 Å². The molecule has 184 valence electrons. The molecule has 0 bridgehead atoms. The lowest BCUT2D eigenvalue weighted by atomic mass is 9.92. The maximum absolute atomic E-state index is 16.7. The monoisotopic (exact) mass is 485 g/mol. The van der Waals surface area contributed by atoms with Crippen molar-refractivity contribution in [3.05, 3.63) is 95.3 Å². The Hall–Kier alpha value is -4.00. The second-order valence-corrected chi connectivity index (χ2v) is 9.79. The van der Waals surface area contributed by atoms with E-state index in [0.29, 0.717) is 51.7 Å². The molecule has 3 heterocycles. The number of fused-ring (bicyclic) bond motifs is 4. The average Bonchev–Trinajstić information content (AvgIpc) is 3.40. The quantitative estimate of drug-likeness (QED) is 0.294. The van der Waals surface area contributed by atoms with Gasteiger partial charge in [0.2, 0.25) is 0 Å². The lowest BCUT2D eigenvalue weighted by Gasteiger charge is -2.35. The number of nitrogens with one attached hydrogen (secondary N) is 2. The molecule has 1 aliphatic rings. The number of allylic oxidation sites excluding steroid dienone is 5. The molecule has 0 saturated heterocycles. The van der Waals surface area contributed by atoms with Crippen LogP contribution >= 0.6 is 0 Å². The fraction of sp³-hybridized carbons (Fsp3) is 0.241. The molecule has 2 N–H and O–H groups in total. The summed E-state index contributed by atoms with van der Waals surface area (Å²) in [4.78, 5) is 3.20. The molecule has 0 atom stereocenters. The van der Waals surface area contributed by atoms with E-state index in [2.05, 4.69) is 27.1 Å². The lowest BCUT2D eigenvalue weighted by Crippen LogP contribution is -2.36. The number of H-pyrrole nitrogens is 1. The predicted molar refractivity (Wildman–Crippen MR) is 141 cm³/mol. The molecule has 5 rings (SSSR count). The largest absolute Gasteiger partial charge is 0.371 e. The van der Waals surface area contributed by atoms with Gasteiger partial charge in [-0.1, -0.05) is 30.9 Å². The number of rotatable bonds is 5. The van der Waals surface area contributed by atoms with Crippen LogP contribution < -0.4 is 5.32 Å². The van der Waals surface area contributed by atoms with Crippen molar-refractivity contribution in [2.24, 2.45) is 0 Å². The fourth-order valence-electron chi connectivity index (χ4n) is 5.03. The zero-order valence-electron chi connectivity index (χ0n) is 21.1. The van der Waals surface area contributed by atoms with Crippen molar-refractivity contribution >= 4 is 16.6 Å². The highest BCUT2D eigenvalue weighted by Crippen LogP contribution is 2.44. The van der Waals surface area contributed by atoms with Crippen LogP contribution in [0.1, 0.15) is 43.5 Å². The van der Waals surface area contributed by atoms with Gasteiger partial charge in [0, 0.05) is 29.1 Å². The Balaban J connectivity index is 1.78. The molecule has 0 amide bonds. The van der Waals surface area contributed by atoms with Crippen molar-refractivity contribution in [1.82, 2.24) is 19.7 Å². The standard InChI is InChI=1S/C29H29F2N5/c1-7-9-10-18(8-2)12-23-34-35-28-29(5,6)33-22-11-16(3)24(25(31)27(22)36(23)28)21-14-19(30)13-20-17(4)15-32-26(20)21/h7-11,13-15,32-33H,1,12H2,2-6H3/b10-9-,18-8+. The van der Waals surface area contributed by atoms with E-state index in [-0.39, 0.29) is 0 Å². The first kappa shape index (κ1) is 23.7. The van der Waals surface area contributed by atoms with Gasteiger partial charge in [0.25, 0.3) is 0 Å². The van der Waals surface area contributed by atoms with E-state index in [4.69, 9.17) is 0 Å². The van der Waals surface area contributed by atoms with Crippen molar-refractivity contribution in [3.63, 3.8) is 0 Å². The zero-order valence-corrected chi connectivity index (χ0v) is 21.1. The highest BCUT2D eigenvalue weighted by molar-refractivity contribution is 5.98. The summed E-state index contributed by atoms with van der Waals surface area (Å²) in [7, 11) is 0. The van der Waals surface area contributed by atoms with Crippen LogP contribution in [0.25, 0.3) is 27.7 Å². The molecule has 1 aliphatic heterocycles. The molecule has 2 aromatic carbocycles. The Labute approximate surface area is 209 Å². The van der Waals surface area contributed by atoms with Gasteiger partial charge in [0.1, 0.15) is 17.3 Å². The zero-order chi connectivity index (χ0) is 25.8. The number of nitrogens with zero attached hydrogens (tertiary/aromatic N) is 3. The predicted octanol–water partition coefficient (Wildman–Crippen LogP) is 7.20. The van der Waals surface area contributed by atoms with Gasteiger partial charge in [0.05, 0.1) is 16.7 Å². The summed E-state index contributed by atoms with van der Waals surface area (Å²) >= 11 is 0. The van der Waals surface area contributed by atoms with E-state index in [9.17, 15) is 4.39 Å². The van der Waals surface area contributed by atoms with Crippen LogP contribution in [0.5, 0.6) is 0 Å². The maximum Gasteiger partial charge on any atom is 0.162 e. The topological polar surface area (TPSA) is 58.5 Å². The van der Waals surface area contributed by atoms with Gasteiger partial charge in [-0.15, -0.1) is 10.2 Å². The lowest BCUT2D eigenvalue weighted by molar-refractivity contribution is 0.521. The van der Waals surface area contributed by atoms with Crippen molar-refractivity contribution in [2.45, 2.75) is 46.6 Å². The van der Waals surface area contributed by atoms with Crippen molar-refractivity contribution in [2.75, 3.05) is 5.32 Å². The number of halogens is 2. The average molecular weight is 486 g/mol. The van der Waals surface area contributed by atoms with Gasteiger partial charge >= 0.3 is 0 Å². The van der Waals surface area contributed by atoms with Crippen LogP contribution in [0.3, 0.4) is 0 Å². The normalized spacial score (nSPS) is 14.7. The molecule has 0 aliphatic carbocycles.